The summed E-state index contributed by atoms with van der Waals surface area (Å²) in [5.41, 5.74) is 2.25. The van der Waals surface area contributed by atoms with Gasteiger partial charge in [-0.1, -0.05) is 11.6 Å². The highest BCUT2D eigenvalue weighted by Crippen LogP contribution is 2.19. The molecule has 0 aliphatic carbocycles. The summed E-state index contributed by atoms with van der Waals surface area (Å²) in [6, 6.07) is 8.94. The van der Waals surface area contributed by atoms with Gasteiger partial charge < -0.3 is 5.32 Å². The van der Waals surface area contributed by atoms with Crippen molar-refractivity contribution in [1.29, 1.82) is 0 Å². The normalized spacial score (nSPS) is 10.6. The monoisotopic (exact) mass is 402 g/mol. The summed E-state index contributed by atoms with van der Waals surface area (Å²) in [4.78, 5) is 36.1. The molecule has 0 atom stereocenters. The first-order valence-electron chi connectivity index (χ1n) is 8.21. The second-order valence-electron chi connectivity index (χ2n) is 6.14. The van der Waals surface area contributed by atoms with Gasteiger partial charge in [0, 0.05) is 17.4 Å². The Hall–Kier alpha value is -3.39. The Morgan fingerprint density at radius 2 is 1.86 bits per heavy atom. The van der Waals surface area contributed by atoms with Crippen LogP contribution in [0.5, 0.6) is 0 Å². The molecule has 0 aliphatic rings. The molecular formula is C19H16ClFN4O3. The zero-order valence-electron chi connectivity index (χ0n) is 15.0. The van der Waals surface area contributed by atoms with Crippen LogP contribution in [0.25, 0.3) is 5.69 Å². The van der Waals surface area contributed by atoms with Crippen LogP contribution in [0.1, 0.15) is 21.6 Å². The van der Waals surface area contributed by atoms with Gasteiger partial charge in [-0.25, -0.2) is 13.9 Å². The number of hydrogen-bond acceptors (Lipinski definition) is 3. The van der Waals surface area contributed by atoms with E-state index in [1.807, 2.05) is 0 Å². The predicted octanol–water partition coefficient (Wildman–Crippen LogP) is 3.54. The number of nitrogens with zero attached hydrogens (tertiary/aromatic N) is 1. The van der Waals surface area contributed by atoms with Crippen LogP contribution in [0.3, 0.4) is 0 Å². The van der Waals surface area contributed by atoms with Crippen molar-refractivity contribution in [3.8, 4) is 5.69 Å². The van der Waals surface area contributed by atoms with E-state index in [0.29, 0.717) is 16.9 Å². The summed E-state index contributed by atoms with van der Waals surface area (Å²) in [5, 5.41) is 7.51. The van der Waals surface area contributed by atoms with Crippen LogP contribution in [-0.4, -0.2) is 21.7 Å². The second kappa shape index (κ2) is 7.69. The van der Waals surface area contributed by atoms with E-state index in [0.717, 1.165) is 17.8 Å². The first-order valence-corrected chi connectivity index (χ1v) is 8.59. The minimum absolute atomic E-state index is 0.0215. The predicted molar refractivity (Wildman–Crippen MR) is 104 cm³/mol. The largest absolute Gasteiger partial charge is 0.326 e. The molecule has 0 bridgehead atoms. The minimum Gasteiger partial charge on any atom is -0.307 e. The molecule has 0 unspecified atom stereocenters. The average molecular weight is 403 g/mol. The Bertz CT molecular complexity index is 1140. The third-order valence-corrected chi connectivity index (χ3v) is 4.28. The van der Waals surface area contributed by atoms with Crippen molar-refractivity contribution < 1.29 is 14.0 Å². The number of carbonyl (C=O) groups excluding carboxylic acids is 2. The highest BCUT2D eigenvalue weighted by molar-refractivity contribution is 6.34. The molecule has 3 rings (SSSR count). The number of hydrogen-bond donors (Lipinski definition) is 3. The molecule has 9 heteroatoms. The van der Waals surface area contributed by atoms with Crippen molar-refractivity contribution >= 4 is 29.2 Å². The maximum Gasteiger partial charge on any atom is 0.326 e. The van der Waals surface area contributed by atoms with Crippen LogP contribution in [0.2, 0.25) is 5.02 Å². The van der Waals surface area contributed by atoms with Gasteiger partial charge in [0.05, 0.1) is 16.3 Å². The lowest BCUT2D eigenvalue weighted by molar-refractivity contribution is 0.0967. The van der Waals surface area contributed by atoms with Crippen molar-refractivity contribution in [2.45, 2.75) is 13.8 Å². The van der Waals surface area contributed by atoms with Crippen molar-refractivity contribution in [2.75, 3.05) is 5.32 Å². The summed E-state index contributed by atoms with van der Waals surface area (Å²) in [5.74, 6) is -1.34. The van der Waals surface area contributed by atoms with Crippen LogP contribution in [0, 0.1) is 19.7 Å². The molecule has 3 amide bonds. The maximum absolute atomic E-state index is 13.1. The van der Waals surface area contributed by atoms with E-state index >= 15 is 0 Å². The molecule has 7 nitrogen and oxygen atoms in total. The first kappa shape index (κ1) is 19.4. The van der Waals surface area contributed by atoms with Gasteiger partial charge in [-0.3, -0.25) is 20.0 Å². The van der Waals surface area contributed by atoms with Crippen molar-refractivity contribution in [3.63, 3.8) is 0 Å². The van der Waals surface area contributed by atoms with Crippen LogP contribution in [-0.2, 0) is 0 Å². The Balaban J connectivity index is 1.73. The SMILES string of the molecule is Cc1cc(=O)n(-c2ccc(NC(=O)NC(=O)c3ccc(F)cc3Cl)c(C)c2)[nH]1. The van der Waals surface area contributed by atoms with E-state index < -0.39 is 17.8 Å². The number of rotatable bonds is 3. The molecule has 1 heterocycles. The van der Waals surface area contributed by atoms with Crippen molar-refractivity contribution in [1.82, 2.24) is 15.1 Å². The third-order valence-electron chi connectivity index (χ3n) is 3.97. The fourth-order valence-electron chi connectivity index (χ4n) is 2.63. The summed E-state index contributed by atoms with van der Waals surface area (Å²) in [7, 11) is 0. The van der Waals surface area contributed by atoms with Gasteiger partial charge in [-0.15, -0.1) is 0 Å². The lowest BCUT2D eigenvalue weighted by Crippen LogP contribution is -2.34. The van der Waals surface area contributed by atoms with Crippen LogP contribution >= 0.6 is 11.6 Å². The van der Waals surface area contributed by atoms with E-state index in [9.17, 15) is 18.8 Å². The van der Waals surface area contributed by atoms with Gasteiger partial charge in [-0.2, -0.15) is 0 Å². The minimum atomic E-state index is -0.769. The number of nitrogens with one attached hydrogen (secondary N) is 3. The Kier molecular flexibility index (Phi) is 5.32. The Labute approximate surface area is 164 Å². The highest BCUT2D eigenvalue weighted by Gasteiger charge is 2.15. The van der Waals surface area contributed by atoms with E-state index in [2.05, 4.69) is 15.7 Å². The molecule has 1 aromatic heterocycles. The summed E-state index contributed by atoms with van der Waals surface area (Å²) < 4.78 is 14.4. The van der Waals surface area contributed by atoms with Gasteiger partial charge in [0.15, 0.2) is 0 Å². The molecule has 28 heavy (non-hydrogen) atoms. The topological polar surface area (TPSA) is 96.0 Å². The molecule has 144 valence electrons. The van der Waals surface area contributed by atoms with E-state index in [4.69, 9.17) is 11.6 Å². The lowest BCUT2D eigenvalue weighted by atomic mass is 10.2. The number of urea groups is 1. The van der Waals surface area contributed by atoms with E-state index in [1.54, 1.807) is 32.0 Å². The molecular weight excluding hydrogens is 387 g/mol. The fourth-order valence-corrected chi connectivity index (χ4v) is 2.88. The zero-order valence-corrected chi connectivity index (χ0v) is 15.7. The van der Waals surface area contributed by atoms with E-state index in [-0.39, 0.29) is 16.1 Å². The number of aromatic nitrogens is 2. The van der Waals surface area contributed by atoms with Crippen molar-refractivity contribution in [2.24, 2.45) is 0 Å². The van der Waals surface area contributed by atoms with Gasteiger partial charge >= 0.3 is 6.03 Å². The second-order valence-corrected chi connectivity index (χ2v) is 6.55. The smallest absolute Gasteiger partial charge is 0.307 e. The lowest BCUT2D eigenvalue weighted by Gasteiger charge is -2.11. The number of benzene rings is 2. The fraction of sp³-hybridized carbons (Fsp3) is 0.105. The number of halogens is 2. The first-order chi connectivity index (χ1) is 13.2. The van der Waals surface area contributed by atoms with Gasteiger partial charge in [-0.05, 0) is 55.8 Å². The molecule has 0 saturated heterocycles. The van der Waals surface area contributed by atoms with Gasteiger partial charge in [0.25, 0.3) is 11.5 Å². The number of anilines is 1. The summed E-state index contributed by atoms with van der Waals surface area (Å²) in [6.45, 7) is 3.52. The molecule has 0 radical (unpaired) electrons. The van der Waals surface area contributed by atoms with Crippen LogP contribution < -0.4 is 16.2 Å². The molecule has 0 fully saturated rings. The number of carbonyl (C=O) groups is 2. The van der Waals surface area contributed by atoms with Crippen LogP contribution in [0.15, 0.2) is 47.3 Å². The summed E-state index contributed by atoms with van der Waals surface area (Å²) in [6.07, 6.45) is 0. The average Bonchev–Trinajstić information content (AvgIpc) is 2.94. The standard InChI is InChI=1S/C19H16ClFN4O3/c1-10-7-13(25-17(26)8-11(2)24-25)4-6-16(10)22-19(28)23-18(27)14-5-3-12(21)9-15(14)20/h3-9,24H,1-2H3,(H2,22,23,27,28). The van der Waals surface area contributed by atoms with E-state index in [1.165, 1.54) is 16.8 Å². The number of amides is 3. The molecule has 3 N–H and O–H groups in total. The number of aromatic amines is 1. The zero-order chi connectivity index (χ0) is 20.4. The maximum atomic E-state index is 13.1. The van der Waals surface area contributed by atoms with Gasteiger partial charge in [0.2, 0.25) is 0 Å². The quantitative estimate of drug-likeness (QED) is 0.625. The molecule has 2 aromatic carbocycles. The Morgan fingerprint density at radius 1 is 1.11 bits per heavy atom. The number of imide groups is 1. The molecule has 0 aliphatic heterocycles. The van der Waals surface area contributed by atoms with Crippen LogP contribution in [0.4, 0.5) is 14.9 Å². The Morgan fingerprint density at radius 3 is 2.46 bits per heavy atom. The molecule has 0 saturated carbocycles. The highest BCUT2D eigenvalue weighted by atomic mass is 35.5. The molecule has 3 aromatic rings. The van der Waals surface area contributed by atoms with Crippen molar-refractivity contribution in [3.05, 3.63) is 80.5 Å². The number of aryl methyl sites for hydroxylation is 2. The van der Waals surface area contributed by atoms with Gasteiger partial charge in [0.1, 0.15) is 5.82 Å². The molecule has 0 spiro atoms. The summed E-state index contributed by atoms with van der Waals surface area (Å²) >= 11 is 5.82. The number of H-pyrrole nitrogens is 1. The third kappa shape index (κ3) is 4.12.